The molecule has 2 unspecified atom stereocenters. The van der Waals surface area contributed by atoms with Crippen molar-refractivity contribution in [3.8, 4) is 0 Å². The number of amides is 1. The van der Waals surface area contributed by atoms with Crippen molar-refractivity contribution < 1.29 is 14.7 Å². The number of nitrogens with one attached hydrogen (secondary N) is 1. The summed E-state index contributed by atoms with van der Waals surface area (Å²) in [5.74, 6) is -1.00. The lowest BCUT2D eigenvalue weighted by atomic mass is 9.86. The average Bonchev–Trinajstić information content (AvgIpc) is 2.90. The molecule has 0 radical (unpaired) electrons. The Hall–Kier alpha value is -1.36. The normalized spacial score (nSPS) is 22.9. The van der Waals surface area contributed by atoms with Crippen LogP contribution in [0.15, 0.2) is 17.5 Å². The second-order valence-electron chi connectivity index (χ2n) is 5.05. The molecule has 1 aromatic rings. The highest BCUT2D eigenvalue weighted by Crippen LogP contribution is 2.24. The molecular weight excluding hydrogens is 262 g/mol. The van der Waals surface area contributed by atoms with E-state index in [0.29, 0.717) is 12.8 Å². The standard InChI is InChI=1S/C14H19NO3S/c16-13(7-6-12-5-2-8-19-12)15-11-4-1-3-10(9-11)14(17)18/h2,5,8,10-11H,1,3-4,6-7,9H2,(H,15,16)(H,17,18). The molecule has 1 aromatic heterocycles. The molecule has 1 heterocycles. The maximum Gasteiger partial charge on any atom is 0.306 e. The molecule has 5 heteroatoms. The van der Waals surface area contributed by atoms with Gasteiger partial charge >= 0.3 is 5.97 Å². The number of aliphatic carboxylic acids is 1. The van der Waals surface area contributed by atoms with Gasteiger partial charge in [0.15, 0.2) is 0 Å². The zero-order valence-electron chi connectivity index (χ0n) is 10.8. The second kappa shape index (κ2) is 6.70. The van der Waals surface area contributed by atoms with Crippen molar-refractivity contribution in [2.24, 2.45) is 5.92 Å². The summed E-state index contributed by atoms with van der Waals surface area (Å²) < 4.78 is 0. The smallest absolute Gasteiger partial charge is 0.306 e. The number of hydrogen-bond acceptors (Lipinski definition) is 3. The molecule has 2 atom stereocenters. The molecule has 0 bridgehead atoms. The number of rotatable bonds is 5. The van der Waals surface area contributed by atoms with Crippen molar-refractivity contribution in [1.82, 2.24) is 5.32 Å². The summed E-state index contributed by atoms with van der Waals surface area (Å²) in [7, 11) is 0. The van der Waals surface area contributed by atoms with Crippen molar-refractivity contribution in [3.63, 3.8) is 0 Å². The van der Waals surface area contributed by atoms with Crippen LogP contribution in [-0.2, 0) is 16.0 Å². The van der Waals surface area contributed by atoms with E-state index in [1.54, 1.807) is 11.3 Å². The Morgan fingerprint density at radius 3 is 2.95 bits per heavy atom. The van der Waals surface area contributed by atoms with E-state index >= 15 is 0 Å². The van der Waals surface area contributed by atoms with E-state index in [-0.39, 0.29) is 17.9 Å². The van der Waals surface area contributed by atoms with Gasteiger partial charge in [-0.1, -0.05) is 12.5 Å². The van der Waals surface area contributed by atoms with Crippen LogP contribution in [0, 0.1) is 5.92 Å². The van der Waals surface area contributed by atoms with E-state index in [1.807, 2.05) is 17.5 Å². The van der Waals surface area contributed by atoms with Crippen LogP contribution in [0.5, 0.6) is 0 Å². The summed E-state index contributed by atoms with van der Waals surface area (Å²) >= 11 is 1.66. The Morgan fingerprint density at radius 1 is 1.42 bits per heavy atom. The predicted octanol–water partition coefficient (Wildman–Crippen LogP) is 2.44. The SMILES string of the molecule is O=C(CCc1cccs1)NC1CCCC(C(=O)O)C1. The maximum atomic E-state index is 11.8. The number of thiophene rings is 1. The average molecular weight is 281 g/mol. The van der Waals surface area contributed by atoms with Crippen LogP contribution < -0.4 is 5.32 Å². The van der Waals surface area contributed by atoms with Crippen LogP contribution in [0.3, 0.4) is 0 Å². The van der Waals surface area contributed by atoms with Crippen molar-refractivity contribution in [2.45, 2.75) is 44.6 Å². The van der Waals surface area contributed by atoms with Gasteiger partial charge in [0.25, 0.3) is 0 Å². The minimum Gasteiger partial charge on any atom is -0.481 e. The van der Waals surface area contributed by atoms with Gasteiger partial charge in [-0.15, -0.1) is 11.3 Å². The van der Waals surface area contributed by atoms with E-state index in [4.69, 9.17) is 5.11 Å². The predicted molar refractivity (Wildman–Crippen MR) is 74.2 cm³/mol. The lowest BCUT2D eigenvalue weighted by molar-refractivity contribution is -0.143. The summed E-state index contributed by atoms with van der Waals surface area (Å²) in [4.78, 5) is 24.0. The minimum absolute atomic E-state index is 0.0319. The number of carbonyl (C=O) groups excluding carboxylic acids is 1. The Balaban J connectivity index is 1.74. The van der Waals surface area contributed by atoms with Gasteiger partial charge in [0.2, 0.25) is 5.91 Å². The summed E-state index contributed by atoms with van der Waals surface area (Å²) in [5.41, 5.74) is 0. The van der Waals surface area contributed by atoms with E-state index in [9.17, 15) is 9.59 Å². The third-order valence-electron chi connectivity index (χ3n) is 3.57. The van der Waals surface area contributed by atoms with Gasteiger partial charge in [-0.3, -0.25) is 9.59 Å². The first-order valence-corrected chi connectivity index (χ1v) is 7.57. The summed E-state index contributed by atoms with van der Waals surface area (Å²) in [6.45, 7) is 0. The maximum absolute atomic E-state index is 11.8. The topological polar surface area (TPSA) is 66.4 Å². The van der Waals surface area contributed by atoms with Gasteiger partial charge in [-0.2, -0.15) is 0 Å². The molecule has 19 heavy (non-hydrogen) atoms. The van der Waals surface area contributed by atoms with Crippen LogP contribution >= 0.6 is 11.3 Å². The molecule has 1 amide bonds. The fourth-order valence-corrected chi connectivity index (χ4v) is 3.25. The molecule has 0 saturated heterocycles. The van der Waals surface area contributed by atoms with Gasteiger partial charge in [-0.05, 0) is 37.1 Å². The van der Waals surface area contributed by atoms with Gasteiger partial charge in [0.1, 0.15) is 0 Å². The highest BCUT2D eigenvalue weighted by molar-refractivity contribution is 7.09. The zero-order chi connectivity index (χ0) is 13.7. The van der Waals surface area contributed by atoms with Crippen molar-refractivity contribution in [3.05, 3.63) is 22.4 Å². The fourth-order valence-electron chi connectivity index (χ4n) is 2.54. The number of carboxylic acid groups (broad SMARTS) is 1. The number of carboxylic acids is 1. The van der Waals surface area contributed by atoms with E-state index in [0.717, 1.165) is 25.7 Å². The molecular formula is C14H19NO3S. The molecule has 104 valence electrons. The van der Waals surface area contributed by atoms with Gasteiger partial charge in [0.05, 0.1) is 5.92 Å². The van der Waals surface area contributed by atoms with E-state index < -0.39 is 5.97 Å². The van der Waals surface area contributed by atoms with Crippen LogP contribution in [-0.4, -0.2) is 23.0 Å². The van der Waals surface area contributed by atoms with Gasteiger partial charge in [0, 0.05) is 17.3 Å². The lowest BCUT2D eigenvalue weighted by Gasteiger charge is -2.27. The third-order valence-corrected chi connectivity index (χ3v) is 4.50. The Kier molecular flexibility index (Phi) is 4.96. The lowest BCUT2D eigenvalue weighted by Crippen LogP contribution is -2.40. The van der Waals surface area contributed by atoms with Crippen molar-refractivity contribution >= 4 is 23.2 Å². The van der Waals surface area contributed by atoms with Crippen LogP contribution in [0.2, 0.25) is 0 Å². The van der Waals surface area contributed by atoms with E-state index in [2.05, 4.69) is 5.32 Å². The number of hydrogen-bond donors (Lipinski definition) is 2. The summed E-state index contributed by atoms with van der Waals surface area (Å²) in [6.07, 6.45) is 4.33. The molecule has 2 rings (SSSR count). The van der Waals surface area contributed by atoms with Crippen molar-refractivity contribution in [1.29, 1.82) is 0 Å². The third kappa shape index (κ3) is 4.35. The monoisotopic (exact) mass is 281 g/mol. The number of aryl methyl sites for hydroxylation is 1. The molecule has 0 aliphatic heterocycles. The Morgan fingerprint density at radius 2 is 2.26 bits per heavy atom. The summed E-state index contributed by atoms with van der Waals surface area (Å²) in [5, 5.41) is 14.0. The van der Waals surface area contributed by atoms with Crippen LogP contribution in [0.4, 0.5) is 0 Å². The summed E-state index contributed by atoms with van der Waals surface area (Å²) in [6, 6.07) is 4.04. The number of carbonyl (C=O) groups is 2. The molecule has 0 aromatic carbocycles. The minimum atomic E-state index is -0.738. The van der Waals surface area contributed by atoms with Crippen molar-refractivity contribution in [2.75, 3.05) is 0 Å². The Bertz CT molecular complexity index is 430. The highest BCUT2D eigenvalue weighted by atomic mass is 32.1. The molecule has 0 spiro atoms. The van der Waals surface area contributed by atoms with Gasteiger partial charge in [-0.25, -0.2) is 0 Å². The molecule has 1 aliphatic carbocycles. The first kappa shape index (κ1) is 14.1. The van der Waals surface area contributed by atoms with Gasteiger partial charge < -0.3 is 10.4 Å². The quantitative estimate of drug-likeness (QED) is 0.871. The van der Waals surface area contributed by atoms with Crippen LogP contribution in [0.1, 0.15) is 37.0 Å². The van der Waals surface area contributed by atoms with E-state index in [1.165, 1.54) is 4.88 Å². The highest BCUT2D eigenvalue weighted by Gasteiger charge is 2.27. The molecule has 1 fully saturated rings. The molecule has 1 saturated carbocycles. The molecule has 4 nitrogen and oxygen atoms in total. The van der Waals surface area contributed by atoms with Crippen LogP contribution in [0.25, 0.3) is 0 Å². The first-order valence-electron chi connectivity index (χ1n) is 6.69. The fraction of sp³-hybridized carbons (Fsp3) is 0.571. The first-order chi connectivity index (χ1) is 9.15. The zero-order valence-corrected chi connectivity index (χ0v) is 11.6. The molecule has 2 N–H and O–H groups in total. The Labute approximate surface area is 116 Å². The largest absolute Gasteiger partial charge is 0.481 e. The molecule has 1 aliphatic rings. The second-order valence-corrected chi connectivity index (χ2v) is 6.08.